The average molecular weight is 365 g/mol. The molecule has 0 unspecified atom stereocenters. The monoisotopic (exact) mass is 364 g/mol. The zero-order valence-corrected chi connectivity index (χ0v) is 15.6. The van der Waals surface area contributed by atoms with Crippen molar-refractivity contribution in [1.29, 1.82) is 0 Å². The number of aromatic nitrogens is 1. The first-order valence-electron chi connectivity index (χ1n) is 8.56. The van der Waals surface area contributed by atoms with Crippen molar-refractivity contribution in [1.82, 2.24) is 10.3 Å². The molecule has 3 aliphatic rings. The van der Waals surface area contributed by atoms with Crippen LogP contribution in [0.15, 0.2) is 18.2 Å². The number of halogens is 2. The quantitative estimate of drug-likeness (QED) is 0.748. The van der Waals surface area contributed by atoms with Crippen LogP contribution in [-0.4, -0.2) is 16.9 Å². The molecule has 4 atom stereocenters. The van der Waals surface area contributed by atoms with Crippen LogP contribution in [0.5, 0.6) is 0 Å². The Kier molecular flexibility index (Phi) is 3.67. The number of rotatable bonds is 2. The first kappa shape index (κ1) is 16.3. The first-order valence-corrected chi connectivity index (χ1v) is 9.31. The van der Waals surface area contributed by atoms with E-state index in [1.54, 1.807) is 12.1 Å². The van der Waals surface area contributed by atoms with Crippen LogP contribution in [0.1, 0.15) is 44.1 Å². The summed E-state index contributed by atoms with van der Waals surface area (Å²) in [6.45, 7) is 7.00. The van der Waals surface area contributed by atoms with Crippen LogP contribution in [0.4, 0.5) is 0 Å². The van der Waals surface area contributed by atoms with Crippen LogP contribution in [0.2, 0.25) is 10.0 Å². The van der Waals surface area contributed by atoms with Crippen molar-refractivity contribution in [3.05, 3.63) is 33.9 Å². The third kappa shape index (κ3) is 2.36. The Morgan fingerprint density at radius 1 is 1.25 bits per heavy atom. The number of aromatic amines is 1. The van der Waals surface area contributed by atoms with Gasteiger partial charge in [0, 0.05) is 22.0 Å². The number of nitrogens with one attached hydrogen (secondary N) is 2. The lowest BCUT2D eigenvalue weighted by atomic mass is 9.45. The number of benzene rings is 1. The molecule has 1 aromatic heterocycles. The first-order chi connectivity index (χ1) is 11.3. The summed E-state index contributed by atoms with van der Waals surface area (Å²) in [6.07, 6.45) is 2.38. The van der Waals surface area contributed by atoms with Gasteiger partial charge in [-0.05, 0) is 54.2 Å². The summed E-state index contributed by atoms with van der Waals surface area (Å²) in [4.78, 5) is 15.8. The Morgan fingerprint density at radius 2 is 2.00 bits per heavy atom. The molecule has 2 N–H and O–H groups in total. The second-order valence-corrected chi connectivity index (χ2v) is 8.91. The molecule has 1 aromatic carbocycles. The molecule has 5 rings (SSSR count). The van der Waals surface area contributed by atoms with Gasteiger partial charge in [0.15, 0.2) is 0 Å². The van der Waals surface area contributed by atoms with E-state index in [4.69, 9.17) is 23.2 Å². The summed E-state index contributed by atoms with van der Waals surface area (Å²) in [6, 6.07) is 5.54. The van der Waals surface area contributed by atoms with E-state index < -0.39 is 0 Å². The molecular weight excluding hydrogens is 343 g/mol. The lowest BCUT2D eigenvalue weighted by Crippen LogP contribution is -2.60. The van der Waals surface area contributed by atoms with Crippen LogP contribution < -0.4 is 5.32 Å². The van der Waals surface area contributed by atoms with Crippen molar-refractivity contribution in [2.24, 2.45) is 23.2 Å². The summed E-state index contributed by atoms with van der Waals surface area (Å²) in [5, 5.41) is 5.18. The zero-order valence-electron chi connectivity index (χ0n) is 14.1. The molecule has 0 spiro atoms. The fourth-order valence-corrected chi connectivity index (χ4v) is 5.42. The molecule has 0 radical (unpaired) electrons. The number of fused-ring (bicyclic) bond motifs is 3. The van der Waals surface area contributed by atoms with Gasteiger partial charge in [0.05, 0.1) is 5.02 Å². The predicted octanol–water partition coefficient (Wildman–Crippen LogP) is 5.28. The van der Waals surface area contributed by atoms with Gasteiger partial charge < -0.3 is 10.3 Å². The topological polar surface area (TPSA) is 44.9 Å². The highest BCUT2D eigenvalue weighted by Crippen LogP contribution is 2.61. The van der Waals surface area contributed by atoms with E-state index in [0.29, 0.717) is 33.0 Å². The molecule has 3 aliphatic carbocycles. The highest BCUT2D eigenvalue weighted by Gasteiger charge is 2.56. The molecule has 2 bridgehead atoms. The van der Waals surface area contributed by atoms with Gasteiger partial charge in [-0.15, -0.1) is 0 Å². The van der Waals surface area contributed by atoms with E-state index in [2.05, 4.69) is 31.1 Å². The standard InChI is InChI=1S/C19H22Cl2N2O/c1-9-13-4-10(19(13,2)3)5-15(9)23-18(24)17-8-12-14(21)6-11(20)7-16(12)22-17/h6-10,13,15,22H,4-5H2,1-3H3,(H,23,24)/t9-,10+,13-,15-/m0/s1. The number of carbonyl (C=O) groups excluding carboxylic acids is 1. The molecule has 128 valence electrons. The van der Waals surface area contributed by atoms with Gasteiger partial charge in [0.1, 0.15) is 5.69 Å². The smallest absolute Gasteiger partial charge is 0.267 e. The molecule has 24 heavy (non-hydrogen) atoms. The van der Waals surface area contributed by atoms with Gasteiger partial charge in [0.2, 0.25) is 0 Å². The molecule has 0 saturated heterocycles. The number of carbonyl (C=O) groups is 1. The Balaban J connectivity index is 1.54. The number of H-pyrrole nitrogens is 1. The van der Waals surface area contributed by atoms with Crippen molar-refractivity contribution in [2.75, 3.05) is 0 Å². The van der Waals surface area contributed by atoms with E-state index >= 15 is 0 Å². The molecular formula is C19H22Cl2N2O. The van der Waals surface area contributed by atoms with Gasteiger partial charge in [0.25, 0.3) is 5.91 Å². The minimum atomic E-state index is -0.0608. The number of hydrogen-bond acceptors (Lipinski definition) is 1. The van der Waals surface area contributed by atoms with Crippen LogP contribution >= 0.6 is 23.2 Å². The maximum atomic E-state index is 12.7. The lowest BCUT2D eigenvalue weighted by Gasteiger charge is -2.62. The third-order valence-corrected chi connectivity index (χ3v) is 7.10. The largest absolute Gasteiger partial charge is 0.350 e. The minimum Gasteiger partial charge on any atom is -0.350 e. The average Bonchev–Trinajstić information content (AvgIpc) is 2.93. The van der Waals surface area contributed by atoms with Crippen LogP contribution in [0, 0.1) is 23.2 Å². The molecule has 1 heterocycles. The second kappa shape index (κ2) is 5.40. The fraction of sp³-hybridized carbons (Fsp3) is 0.526. The fourth-order valence-electron chi connectivity index (χ4n) is 4.87. The predicted molar refractivity (Wildman–Crippen MR) is 98.7 cm³/mol. The molecule has 1 amide bonds. The summed E-state index contributed by atoms with van der Waals surface area (Å²) >= 11 is 12.2. The van der Waals surface area contributed by atoms with E-state index in [1.807, 2.05) is 6.07 Å². The SMILES string of the molecule is C[C@@H]1[C@@H](NC(=O)c2cc3c(Cl)cc(Cl)cc3[nH]2)C[C@H]2C[C@@H]1C2(C)C. The molecule has 3 saturated carbocycles. The third-order valence-electron chi connectivity index (χ3n) is 6.57. The molecule has 0 aliphatic heterocycles. The van der Waals surface area contributed by atoms with E-state index in [0.717, 1.165) is 23.2 Å². The van der Waals surface area contributed by atoms with Crippen molar-refractivity contribution < 1.29 is 4.79 Å². The van der Waals surface area contributed by atoms with E-state index in [1.165, 1.54) is 6.42 Å². The van der Waals surface area contributed by atoms with E-state index in [9.17, 15) is 4.79 Å². The van der Waals surface area contributed by atoms with Crippen LogP contribution in [0.3, 0.4) is 0 Å². The van der Waals surface area contributed by atoms with Crippen molar-refractivity contribution >= 4 is 40.0 Å². The molecule has 3 nitrogen and oxygen atoms in total. The summed E-state index contributed by atoms with van der Waals surface area (Å²) in [5.41, 5.74) is 1.75. The highest BCUT2D eigenvalue weighted by atomic mass is 35.5. The van der Waals surface area contributed by atoms with Crippen molar-refractivity contribution in [2.45, 2.75) is 39.7 Å². The van der Waals surface area contributed by atoms with E-state index in [-0.39, 0.29) is 11.9 Å². The number of amides is 1. The zero-order chi connectivity index (χ0) is 17.2. The Labute approximate surface area is 152 Å². The molecule has 3 fully saturated rings. The van der Waals surface area contributed by atoms with Gasteiger partial charge in [-0.1, -0.05) is 44.0 Å². The lowest BCUT2D eigenvalue weighted by molar-refractivity contribution is -0.113. The van der Waals surface area contributed by atoms with Gasteiger partial charge in [-0.25, -0.2) is 0 Å². The van der Waals surface area contributed by atoms with Crippen molar-refractivity contribution in [3.8, 4) is 0 Å². The van der Waals surface area contributed by atoms with Gasteiger partial charge >= 0.3 is 0 Å². The second-order valence-electron chi connectivity index (χ2n) is 8.07. The Hall–Kier alpha value is -1.19. The highest BCUT2D eigenvalue weighted by molar-refractivity contribution is 6.38. The maximum Gasteiger partial charge on any atom is 0.267 e. The van der Waals surface area contributed by atoms with Crippen LogP contribution in [-0.2, 0) is 0 Å². The van der Waals surface area contributed by atoms with Gasteiger partial charge in [-0.2, -0.15) is 0 Å². The normalized spacial score (nSPS) is 30.9. The Bertz CT molecular complexity index is 826. The number of hydrogen-bond donors (Lipinski definition) is 2. The minimum absolute atomic E-state index is 0.0608. The summed E-state index contributed by atoms with van der Waals surface area (Å²) in [7, 11) is 0. The maximum absolute atomic E-state index is 12.7. The molecule has 2 aromatic rings. The summed E-state index contributed by atoms with van der Waals surface area (Å²) in [5.74, 6) is 1.88. The summed E-state index contributed by atoms with van der Waals surface area (Å²) < 4.78 is 0. The molecule has 5 heteroatoms. The van der Waals surface area contributed by atoms with Crippen molar-refractivity contribution in [3.63, 3.8) is 0 Å². The Morgan fingerprint density at radius 3 is 2.67 bits per heavy atom. The van der Waals surface area contributed by atoms with Crippen LogP contribution in [0.25, 0.3) is 10.9 Å². The van der Waals surface area contributed by atoms with Gasteiger partial charge in [-0.3, -0.25) is 4.79 Å².